The molecule has 6 heteroatoms. The van der Waals surface area contributed by atoms with Gasteiger partial charge in [0, 0.05) is 6.26 Å². The van der Waals surface area contributed by atoms with E-state index in [0.29, 0.717) is 11.7 Å². The molecule has 0 aromatic heterocycles. The molecule has 1 atom stereocenters. The van der Waals surface area contributed by atoms with Crippen LogP contribution in [-0.2, 0) is 14.6 Å². The summed E-state index contributed by atoms with van der Waals surface area (Å²) in [6.45, 7) is 4.10. The summed E-state index contributed by atoms with van der Waals surface area (Å²) in [5, 5.41) is 3.01. The van der Waals surface area contributed by atoms with Crippen molar-refractivity contribution in [3.05, 3.63) is 60.2 Å². The van der Waals surface area contributed by atoms with Crippen LogP contribution in [0.1, 0.15) is 31.9 Å². The highest BCUT2D eigenvalue weighted by atomic mass is 32.2. The van der Waals surface area contributed by atoms with Crippen molar-refractivity contribution in [1.29, 1.82) is 0 Å². The van der Waals surface area contributed by atoms with Crippen LogP contribution in [0.4, 0.5) is 0 Å². The van der Waals surface area contributed by atoms with Gasteiger partial charge in [-0.2, -0.15) is 0 Å². The maximum absolute atomic E-state index is 12.3. The number of sulfone groups is 1. The summed E-state index contributed by atoms with van der Waals surface area (Å²) in [5.41, 5.74) is 1.06. The predicted octanol–water partition coefficient (Wildman–Crippen LogP) is 3.37. The highest BCUT2D eigenvalue weighted by molar-refractivity contribution is 7.90. The Balaban J connectivity index is 1.95. The molecular weight excluding hydrogens is 350 g/mol. The fourth-order valence-corrected chi connectivity index (χ4v) is 3.23. The van der Waals surface area contributed by atoms with Crippen molar-refractivity contribution < 1.29 is 17.9 Å². The minimum atomic E-state index is -3.24. The second-order valence-corrected chi connectivity index (χ2v) is 8.71. The Hall–Kier alpha value is -2.34. The van der Waals surface area contributed by atoms with E-state index in [2.05, 4.69) is 19.2 Å². The monoisotopic (exact) mass is 375 g/mol. The lowest BCUT2D eigenvalue weighted by molar-refractivity contribution is -0.124. The summed E-state index contributed by atoms with van der Waals surface area (Å²) < 4.78 is 28.4. The molecule has 0 bridgehead atoms. The molecule has 0 radical (unpaired) electrons. The van der Waals surface area contributed by atoms with Crippen LogP contribution >= 0.6 is 0 Å². The van der Waals surface area contributed by atoms with Crippen LogP contribution in [0, 0.1) is 5.92 Å². The van der Waals surface area contributed by atoms with Crippen molar-refractivity contribution in [2.75, 3.05) is 12.9 Å². The van der Waals surface area contributed by atoms with Gasteiger partial charge < -0.3 is 10.1 Å². The third-order valence-corrected chi connectivity index (χ3v) is 4.99. The number of hydrogen-bond donors (Lipinski definition) is 1. The first-order valence-corrected chi connectivity index (χ1v) is 10.4. The topological polar surface area (TPSA) is 72.5 Å². The van der Waals surface area contributed by atoms with E-state index in [1.165, 1.54) is 12.1 Å². The van der Waals surface area contributed by atoms with Gasteiger partial charge in [0.05, 0.1) is 10.9 Å². The Kier molecular flexibility index (Phi) is 6.80. The third kappa shape index (κ3) is 6.19. The van der Waals surface area contributed by atoms with Gasteiger partial charge in [-0.25, -0.2) is 8.42 Å². The van der Waals surface area contributed by atoms with E-state index in [0.717, 1.165) is 18.2 Å². The molecule has 2 rings (SSSR count). The zero-order chi connectivity index (χ0) is 19.2. The summed E-state index contributed by atoms with van der Waals surface area (Å²) in [4.78, 5) is 12.5. The number of nitrogens with one attached hydrogen (secondary N) is 1. The Labute approximate surface area is 155 Å². The van der Waals surface area contributed by atoms with E-state index < -0.39 is 9.84 Å². The lowest BCUT2D eigenvalue weighted by Gasteiger charge is -2.21. The lowest BCUT2D eigenvalue weighted by atomic mass is 9.97. The van der Waals surface area contributed by atoms with Gasteiger partial charge in [0.2, 0.25) is 0 Å². The van der Waals surface area contributed by atoms with E-state index in [4.69, 9.17) is 4.74 Å². The average Bonchev–Trinajstić information content (AvgIpc) is 2.59. The van der Waals surface area contributed by atoms with Crippen LogP contribution in [0.15, 0.2) is 59.5 Å². The van der Waals surface area contributed by atoms with E-state index in [9.17, 15) is 13.2 Å². The molecule has 0 aliphatic rings. The van der Waals surface area contributed by atoms with Crippen LogP contribution in [0.5, 0.6) is 5.75 Å². The number of amides is 1. The maximum atomic E-state index is 12.3. The fraction of sp³-hybridized carbons (Fsp3) is 0.350. The van der Waals surface area contributed by atoms with Gasteiger partial charge in [0.25, 0.3) is 5.91 Å². The van der Waals surface area contributed by atoms with Gasteiger partial charge in [-0.3, -0.25) is 4.79 Å². The van der Waals surface area contributed by atoms with Gasteiger partial charge in [0.1, 0.15) is 5.75 Å². The number of benzene rings is 2. The first kappa shape index (κ1) is 20.0. The van der Waals surface area contributed by atoms with E-state index in [1.807, 2.05) is 30.3 Å². The van der Waals surface area contributed by atoms with Gasteiger partial charge in [-0.15, -0.1) is 0 Å². The second-order valence-electron chi connectivity index (χ2n) is 6.69. The number of carbonyl (C=O) groups is 1. The van der Waals surface area contributed by atoms with Gasteiger partial charge in [-0.1, -0.05) is 44.2 Å². The Morgan fingerprint density at radius 1 is 1.04 bits per heavy atom. The molecule has 0 heterocycles. The van der Waals surface area contributed by atoms with Crippen LogP contribution in [-0.4, -0.2) is 27.2 Å². The Morgan fingerprint density at radius 2 is 1.65 bits per heavy atom. The molecule has 0 spiro atoms. The number of hydrogen-bond acceptors (Lipinski definition) is 4. The molecular formula is C20H25NO4S. The largest absolute Gasteiger partial charge is 0.484 e. The normalized spacial score (nSPS) is 12.6. The minimum Gasteiger partial charge on any atom is -0.484 e. The lowest BCUT2D eigenvalue weighted by Crippen LogP contribution is -2.33. The molecule has 0 saturated carbocycles. The van der Waals surface area contributed by atoms with Gasteiger partial charge in [0.15, 0.2) is 16.4 Å². The Bertz CT molecular complexity index is 815. The number of carbonyl (C=O) groups excluding carboxylic acids is 1. The zero-order valence-electron chi connectivity index (χ0n) is 15.3. The number of rotatable bonds is 8. The molecule has 0 saturated heterocycles. The zero-order valence-corrected chi connectivity index (χ0v) is 16.1. The van der Waals surface area contributed by atoms with E-state index in [-0.39, 0.29) is 23.5 Å². The smallest absolute Gasteiger partial charge is 0.258 e. The standard InChI is InChI=1S/C20H25NO4S/c1-15(2)13-19(16-7-5-4-6-8-16)21-20(22)14-25-17-9-11-18(12-10-17)26(3,23)24/h4-12,15,19H,13-14H2,1-3H3,(H,21,22)/t19-/m1/s1. The first-order chi connectivity index (χ1) is 12.3. The quantitative estimate of drug-likeness (QED) is 0.768. The van der Waals surface area contributed by atoms with Gasteiger partial charge in [-0.05, 0) is 42.2 Å². The van der Waals surface area contributed by atoms with Crippen molar-refractivity contribution in [3.63, 3.8) is 0 Å². The molecule has 5 nitrogen and oxygen atoms in total. The molecule has 26 heavy (non-hydrogen) atoms. The molecule has 0 fully saturated rings. The van der Waals surface area contributed by atoms with Crippen molar-refractivity contribution in [2.45, 2.75) is 31.2 Å². The minimum absolute atomic E-state index is 0.0695. The van der Waals surface area contributed by atoms with Crippen molar-refractivity contribution >= 4 is 15.7 Å². The van der Waals surface area contributed by atoms with E-state index >= 15 is 0 Å². The molecule has 2 aromatic rings. The summed E-state index contributed by atoms with van der Waals surface area (Å²) >= 11 is 0. The van der Waals surface area contributed by atoms with Crippen LogP contribution in [0.25, 0.3) is 0 Å². The first-order valence-electron chi connectivity index (χ1n) is 8.53. The van der Waals surface area contributed by atoms with Crippen molar-refractivity contribution in [2.24, 2.45) is 5.92 Å². The van der Waals surface area contributed by atoms with Gasteiger partial charge >= 0.3 is 0 Å². The fourth-order valence-electron chi connectivity index (χ4n) is 2.60. The highest BCUT2D eigenvalue weighted by Crippen LogP contribution is 2.21. The molecule has 1 amide bonds. The third-order valence-electron chi connectivity index (χ3n) is 3.87. The molecule has 1 N–H and O–H groups in total. The summed E-state index contributed by atoms with van der Waals surface area (Å²) in [6, 6.07) is 15.8. The average molecular weight is 375 g/mol. The molecule has 140 valence electrons. The maximum Gasteiger partial charge on any atom is 0.258 e. The molecule has 0 unspecified atom stereocenters. The molecule has 0 aliphatic heterocycles. The summed E-state index contributed by atoms with van der Waals surface area (Å²) in [5.74, 6) is 0.671. The Morgan fingerprint density at radius 3 is 2.19 bits per heavy atom. The molecule has 2 aromatic carbocycles. The number of ether oxygens (including phenoxy) is 1. The SMILES string of the molecule is CC(C)C[C@@H](NC(=O)COc1ccc(S(C)(=O)=O)cc1)c1ccccc1. The van der Waals surface area contributed by atoms with E-state index in [1.54, 1.807) is 12.1 Å². The summed E-state index contributed by atoms with van der Waals surface area (Å²) in [7, 11) is -3.24. The van der Waals surface area contributed by atoms with Crippen LogP contribution in [0.3, 0.4) is 0 Å². The molecule has 0 aliphatic carbocycles. The van der Waals surface area contributed by atoms with Crippen LogP contribution in [0.2, 0.25) is 0 Å². The predicted molar refractivity (Wildman–Crippen MR) is 102 cm³/mol. The van der Waals surface area contributed by atoms with Crippen molar-refractivity contribution in [1.82, 2.24) is 5.32 Å². The van der Waals surface area contributed by atoms with Crippen LogP contribution < -0.4 is 10.1 Å². The van der Waals surface area contributed by atoms with Crippen molar-refractivity contribution in [3.8, 4) is 5.75 Å². The summed E-state index contributed by atoms with van der Waals surface area (Å²) in [6.07, 6.45) is 1.98. The second kappa shape index (κ2) is 8.85. The highest BCUT2D eigenvalue weighted by Gasteiger charge is 2.16.